The number of sulfone groups is 1. The molecule has 0 radical (unpaired) electrons. The molecule has 0 aliphatic carbocycles. The first-order valence-corrected chi connectivity index (χ1v) is 14.9. The molecule has 146 valence electrons. The van der Waals surface area contributed by atoms with Gasteiger partial charge in [-0.15, -0.1) is 0 Å². The molecule has 0 saturated carbocycles. The van der Waals surface area contributed by atoms with Crippen LogP contribution in [0.3, 0.4) is 0 Å². The summed E-state index contributed by atoms with van der Waals surface area (Å²) < 4.78 is 33.8. The standard InChI is InChI=1S/C18H29BrN2O3SSi/c1-18(2,3)11-25(22,23)14-9-15(19)17-16(10-14)20-12-21(17)13-24-7-8-26(4,5)6/h9-10,12H,7-8,11,13H2,1-6H3. The van der Waals surface area contributed by atoms with Crippen LogP contribution in [0.2, 0.25) is 25.7 Å². The zero-order chi connectivity index (χ0) is 19.8. The molecule has 0 atom stereocenters. The third-order valence-electron chi connectivity index (χ3n) is 3.85. The van der Waals surface area contributed by atoms with Crippen LogP contribution >= 0.6 is 15.9 Å². The van der Waals surface area contributed by atoms with Crippen molar-refractivity contribution >= 4 is 44.9 Å². The van der Waals surface area contributed by atoms with Crippen LogP contribution < -0.4 is 0 Å². The first kappa shape index (κ1) is 21.6. The molecule has 2 rings (SSSR count). The molecule has 2 aromatic rings. The lowest BCUT2D eigenvalue weighted by molar-refractivity contribution is 0.0898. The summed E-state index contributed by atoms with van der Waals surface area (Å²) in [5, 5.41) is 0. The van der Waals surface area contributed by atoms with Crippen molar-refractivity contribution in [2.75, 3.05) is 12.4 Å². The summed E-state index contributed by atoms with van der Waals surface area (Å²) in [7, 11) is -4.48. The van der Waals surface area contributed by atoms with Gasteiger partial charge >= 0.3 is 0 Å². The van der Waals surface area contributed by atoms with Gasteiger partial charge in [0.1, 0.15) is 6.73 Å². The molecule has 1 aromatic carbocycles. The van der Waals surface area contributed by atoms with E-state index in [0.29, 0.717) is 21.6 Å². The minimum absolute atomic E-state index is 0.0957. The van der Waals surface area contributed by atoms with Gasteiger partial charge in [-0.25, -0.2) is 13.4 Å². The molecule has 0 bridgehead atoms. The number of hydrogen-bond donors (Lipinski definition) is 0. The van der Waals surface area contributed by atoms with Gasteiger partial charge in [0.25, 0.3) is 0 Å². The fraction of sp³-hybridized carbons (Fsp3) is 0.611. The molecule has 1 aromatic heterocycles. The highest BCUT2D eigenvalue weighted by molar-refractivity contribution is 9.10. The topological polar surface area (TPSA) is 61.2 Å². The molecule has 0 N–H and O–H groups in total. The van der Waals surface area contributed by atoms with Crippen LogP contribution in [0.15, 0.2) is 27.8 Å². The number of benzene rings is 1. The van der Waals surface area contributed by atoms with Gasteiger partial charge in [-0.3, -0.25) is 0 Å². The maximum Gasteiger partial charge on any atom is 0.179 e. The minimum atomic E-state index is -3.37. The van der Waals surface area contributed by atoms with E-state index in [2.05, 4.69) is 40.6 Å². The number of ether oxygens (including phenoxy) is 1. The van der Waals surface area contributed by atoms with Crippen LogP contribution in [0.1, 0.15) is 20.8 Å². The summed E-state index contributed by atoms with van der Waals surface area (Å²) in [5.74, 6) is 0.0957. The average molecular weight is 461 g/mol. The number of imidazole rings is 1. The number of halogens is 1. The molecule has 1 heterocycles. The van der Waals surface area contributed by atoms with Crippen molar-refractivity contribution in [3.05, 3.63) is 22.9 Å². The van der Waals surface area contributed by atoms with Crippen molar-refractivity contribution in [3.63, 3.8) is 0 Å². The van der Waals surface area contributed by atoms with Crippen molar-refractivity contribution in [2.24, 2.45) is 5.41 Å². The first-order valence-electron chi connectivity index (χ1n) is 8.73. The fourth-order valence-corrected chi connectivity index (χ4v) is 6.09. The number of hydrogen-bond acceptors (Lipinski definition) is 4. The predicted octanol–water partition coefficient (Wildman–Crippen LogP) is 4.93. The Morgan fingerprint density at radius 3 is 2.46 bits per heavy atom. The molecule has 0 aliphatic rings. The molecular weight excluding hydrogens is 432 g/mol. The Kier molecular flexibility index (Phi) is 6.42. The highest BCUT2D eigenvalue weighted by Gasteiger charge is 2.25. The van der Waals surface area contributed by atoms with Crippen molar-refractivity contribution in [3.8, 4) is 0 Å². The van der Waals surface area contributed by atoms with Crippen LogP contribution in [0.4, 0.5) is 0 Å². The number of nitrogens with zero attached hydrogens (tertiary/aromatic N) is 2. The summed E-state index contributed by atoms with van der Waals surface area (Å²) in [6.45, 7) is 13.9. The lowest BCUT2D eigenvalue weighted by Gasteiger charge is -2.18. The van der Waals surface area contributed by atoms with Crippen LogP contribution in [0, 0.1) is 5.41 Å². The van der Waals surface area contributed by atoms with Gasteiger partial charge in [-0.2, -0.15) is 0 Å². The van der Waals surface area contributed by atoms with Crippen LogP contribution in [-0.4, -0.2) is 38.4 Å². The van der Waals surface area contributed by atoms with E-state index in [0.717, 1.165) is 18.2 Å². The normalized spacial score (nSPS) is 13.5. The largest absolute Gasteiger partial charge is 0.361 e. The van der Waals surface area contributed by atoms with E-state index in [1.165, 1.54) is 0 Å². The lowest BCUT2D eigenvalue weighted by atomic mass is 10.0. The van der Waals surface area contributed by atoms with Gasteiger partial charge in [0.05, 0.1) is 28.0 Å². The Hall–Kier alpha value is -0.703. The second-order valence-corrected chi connectivity index (χ2v) is 17.6. The van der Waals surface area contributed by atoms with Crippen molar-refractivity contribution < 1.29 is 13.2 Å². The Labute approximate surface area is 166 Å². The van der Waals surface area contributed by atoms with E-state index in [1.807, 2.05) is 25.3 Å². The zero-order valence-corrected chi connectivity index (χ0v) is 19.9. The minimum Gasteiger partial charge on any atom is -0.361 e. The first-order chi connectivity index (χ1) is 11.8. The highest BCUT2D eigenvalue weighted by atomic mass is 79.9. The summed E-state index contributed by atoms with van der Waals surface area (Å²) >= 11 is 3.52. The van der Waals surface area contributed by atoms with Gasteiger partial charge in [-0.1, -0.05) is 40.4 Å². The van der Waals surface area contributed by atoms with Crippen LogP contribution in [-0.2, 0) is 21.3 Å². The molecule has 0 fully saturated rings. The van der Waals surface area contributed by atoms with Crippen LogP contribution in [0.25, 0.3) is 11.0 Å². The second kappa shape index (κ2) is 7.73. The quantitative estimate of drug-likeness (QED) is 0.433. The maximum atomic E-state index is 12.7. The number of aromatic nitrogens is 2. The summed E-state index contributed by atoms with van der Waals surface area (Å²) in [5.41, 5.74) is 1.21. The molecule has 0 unspecified atom stereocenters. The van der Waals surface area contributed by atoms with Crippen LogP contribution in [0.5, 0.6) is 0 Å². The molecule has 26 heavy (non-hydrogen) atoms. The van der Waals surface area contributed by atoms with Crippen molar-refractivity contribution in [1.82, 2.24) is 9.55 Å². The second-order valence-electron chi connectivity index (χ2n) is 9.15. The number of fused-ring (bicyclic) bond motifs is 1. The van der Waals surface area contributed by atoms with E-state index in [4.69, 9.17) is 4.74 Å². The highest BCUT2D eigenvalue weighted by Crippen LogP contribution is 2.30. The Morgan fingerprint density at radius 1 is 1.23 bits per heavy atom. The smallest absolute Gasteiger partial charge is 0.179 e. The van der Waals surface area contributed by atoms with E-state index in [1.54, 1.807) is 18.5 Å². The third-order valence-corrected chi connectivity index (χ3v) is 8.36. The predicted molar refractivity (Wildman–Crippen MR) is 113 cm³/mol. The van der Waals surface area contributed by atoms with Gasteiger partial charge in [0.15, 0.2) is 9.84 Å². The summed E-state index contributed by atoms with van der Waals surface area (Å²) in [6.07, 6.45) is 1.70. The average Bonchev–Trinajstić information content (AvgIpc) is 2.83. The van der Waals surface area contributed by atoms with Gasteiger partial charge in [0, 0.05) is 19.2 Å². The molecule has 0 amide bonds. The Balaban J connectivity index is 2.23. The third kappa shape index (κ3) is 5.90. The Bertz CT molecular complexity index is 880. The molecule has 0 aliphatic heterocycles. The summed E-state index contributed by atoms with van der Waals surface area (Å²) in [6, 6.07) is 4.43. The lowest BCUT2D eigenvalue weighted by Crippen LogP contribution is -2.22. The molecule has 0 spiro atoms. The van der Waals surface area contributed by atoms with Crippen molar-refractivity contribution in [1.29, 1.82) is 0 Å². The molecular formula is C18H29BrN2O3SSi. The monoisotopic (exact) mass is 460 g/mol. The zero-order valence-electron chi connectivity index (χ0n) is 16.5. The van der Waals surface area contributed by atoms with Gasteiger partial charge in [-0.05, 0) is 39.5 Å². The van der Waals surface area contributed by atoms with Gasteiger partial charge < -0.3 is 9.30 Å². The van der Waals surface area contributed by atoms with E-state index in [-0.39, 0.29) is 11.2 Å². The Morgan fingerprint density at radius 2 is 1.88 bits per heavy atom. The molecule has 5 nitrogen and oxygen atoms in total. The number of rotatable bonds is 7. The van der Waals surface area contributed by atoms with E-state index >= 15 is 0 Å². The van der Waals surface area contributed by atoms with E-state index < -0.39 is 17.9 Å². The van der Waals surface area contributed by atoms with E-state index in [9.17, 15) is 8.42 Å². The molecule has 8 heteroatoms. The molecule has 0 saturated heterocycles. The van der Waals surface area contributed by atoms with Gasteiger partial charge in [0.2, 0.25) is 0 Å². The SMILES string of the molecule is CC(C)(C)CS(=O)(=O)c1cc(Br)c2c(c1)ncn2COCC[Si](C)(C)C. The van der Waals surface area contributed by atoms with Crippen molar-refractivity contribution in [2.45, 2.75) is 58.1 Å². The fourth-order valence-electron chi connectivity index (χ4n) is 2.60. The maximum absolute atomic E-state index is 12.7. The summed E-state index contributed by atoms with van der Waals surface area (Å²) in [4.78, 5) is 4.68.